The molecule has 1 aromatic rings. The van der Waals surface area contributed by atoms with E-state index < -0.39 is 18.4 Å². The molecule has 0 aromatic heterocycles. The zero-order valence-electron chi connectivity index (χ0n) is 20.6. The van der Waals surface area contributed by atoms with Crippen LogP contribution in [-0.2, 0) is 11.3 Å². The van der Waals surface area contributed by atoms with Crippen molar-refractivity contribution in [3.63, 3.8) is 0 Å². The third-order valence-corrected chi connectivity index (χ3v) is 25.5. The Kier molecular flexibility index (Phi) is 13.1. The first-order valence-electron chi connectivity index (χ1n) is 13.4. The van der Waals surface area contributed by atoms with E-state index in [1.807, 2.05) is 0 Å². The molecule has 0 bridgehead atoms. The van der Waals surface area contributed by atoms with Crippen molar-refractivity contribution in [2.24, 2.45) is 5.92 Å². The van der Waals surface area contributed by atoms with E-state index >= 15 is 0 Å². The second kappa shape index (κ2) is 14.9. The summed E-state index contributed by atoms with van der Waals surface area (Å²) in [5, 5.41) is 0. The first kappa shape index (κ1) is 26.2. The second-order valence-electron chi connectivity index (χ2n) is 10.0. The molecule has 1 aliphatic rings. The summed E-state index contributed by atoms with van der Waals surface area (Å²) in [6, 6.07) is 10.8. The zero-order valence-corrected chi connectivity index (χ0v) is 23.5. The summed E-state index contributed by atoms with van der Waals surface area (Å²) in [4.78, 5) is 0. The van der Waals surface area contributed by atoms with Gasteiger partial charge in [0.1, 0.15) is 0 Å². The number of rotatable bonds is 18. The Hall–Kier alpha value is -0.0213. The molecule has 1 nitrogen and oxygen atoms in total. The van der Waals surface area contributed by atoms with Crippen LogP contribution in [0.2, 0.25) is 17.2 Å². The van der Waals surface area contributed by atoms with Crippen LogP contribution in [0.15, 0.2) is 30.3 Å². The van der Waals surface area contributed by atoms with Crippen molar-refractivity contribution in [2.45, 2.75) is 128 Å². The Labute approximate surface area is 192 Å². The Balaban J connectivity index is 2.08. The van der Waals surface area contributed by atoms with E-state index in [4.69, 9.17) is 4.74 Å². The van der Waals surface area contributed by atoms with Gasteiger partial charge in [-0.1, -0.05) is 0 Å². The zero-order chi connectivity index (χ0) is 21.7. The van der Waals surface area contributed by atoms with Crippen molar-refractivity contribution in [1.82, 2.24) is 0 Å². The summed E-state index contributed by atoms with van der Waals surface area (Å²) in [7, 11) is 0. The molecule has 0 unspecified atom stereocenters. The van der Waals surface area contributed by atoms with Gasteiger partial charge in [0.25, 0.3) is 0 Å². The minimum absolute atomic E-state index is 0.516. The molecule has 3 atom stereocenters. The minimum atomic E-state index is -2.10. The van der Waals surface area contributed by atoms with E-state index in [9.17, 15) is 0 Å². The molecule has 0 spiro atoms. The maximum atomic E-state index is 6.67. The van der Waals surface area contributed by atoms with Gasteiger partial charge < -0.3 is 0 Å². The summed E-state index contributed by atoms with van der Waals surface area (Å²) in [5.41, 5.74) is 1.34. The van der Waals surface area contributed by atoms with Gasteiger partial charge in [-0.2, -0.15) is 0 Å². The number of unbranched alkanes of at least 4 members (excludes halogenated alkanes) is 5. The fourth-order valence-electron chi connectivity index (χ4n) is 5.64. The molecule has 1 aliphatic carbocycles. The Morgan fingerprint density at radius 2 is 1.37 bits per heavy atom. The van der Waals surface area contributed by atoms with Crippen LogP contribution in [0.1, 0.15) is 104 Å². The van der Waals surface area contributed by atoms with E-state index in [1.54, 1.807) is 13.3 Å². The molecule has 1 saturated carbocycles. The number of benzene rings is 1. The van der Waals surface area contributed by atoms with Crippen LogP contribution in [0.4, 0.5) is 0 Å². The Bertz CT molecular complexity index is 521. The molecule has 0 amide bonds. The van der Waals surface area contributed by atoms with Gasteiger partial charge in [-0.15, -0.1) is 0 Å². The summed E-state index contributed by atoms with van der Waals surface area (Å²) < 4.78 is 12.8. The molecule has 0 heterocycles. The molecule has 0 saturated heterocycles. The predicted octanol–water partition coefficient (Wildman–Crippen LogP) is 9.39. The summed E-state index contributed by atoms with van der Waals surface area (Å²) in [5.74, 6) is 0.895. The van der Waals surface area contributed by atoms with Crippen molar-refractivity contribution in [3.05, 3.63) is 35.9 Å². The average Bonchev–Trinajstić information content (AvgIpc) is 3.58. The molecule has 2 heteroatoms. The van der Waals surface area contributed by atoms with Crippen molar-refractivity contribution in [2.75, 3.05) is 0 Å². The number of ether oxygens (including phenoxy) is 1. The van der Waals surface area contributed by atoms with Crippen LogP contribution in [-0.4, -0.2) is 24.5 Å². The van der Waals surface area contributed by atoms with Crippen LogP contribution in [0.5, 0.6) is 0 Å². The van der Waals surface area contributed by atoms with Crippen LogP contribution in [0, 0.1) is 5.92 Å². The van der Waals surface area contributed by atoms with E-state index in [1.165, 1.54) is 76.2 Å². The number of hydrogen-bond donors (Lipinski definition) is 0. The standard InChI is InChI=1S/C16H23O.3C4H9.Sn/c1-2-3-5-10-16(15-11-12-15)17-13-14-8-6-4-7-9-14;3*1-3-4-2;/h4,6-9,11,15-16H,2-3,5,10,12-13H2,1H3;3*1,3-4H2,2H3;/t15-,16+;;;;/m0..../s1. The first-order chi connectivity index (χ1) is 14.7. The van der Waals surface area contributed by atoms with Crippen molar-refractivity contribution < 1.29 is 4.74 Å². The fraction of sp³-hybridized carbons (Fsp3) is 0.786. The van der Waals surface area contributed by atoms with Gasteiger partial charge in [0.15, 0.2) is 0 Å². The molecule has 0 N–H and O–H groups in total. The van der Waals surface area contributed by atoms with Gasteiger partial charge in [-0.05, 0) is 0 Å². The van der Waals surface area contributed by atoms with E-state index in [-0.39, 0.29) is 0 Å². The van der Waals surface area contributed by atoms with Crippen molar-refractivity contribution >= 4 is 18.4 Å². The number of hydrogen-bond acceptors (Lipinski definition) is 1. The van der Waals surface area contributed by atoms with E-state index in [0.717, 1.165) is 16.5 Å². The third-order valence-electron chi connectivity index (χ3n) is 7.59. The van der Waals surface area contributed by atoms with Crippen LogP contribution < -0.4 is 0 Å². The summed E-state index contributed by atoms with van der Waals surface area (Å²) in [6.07, 6.45) is 16.0. The topological polar surface area (TPSA) is 9.23 Å². The molecule has 30 heavy (non-hydrogen) atoms. The van der Waals surface area contributed by atoms with Crippen molar-refractivity contribution in [1.29, 1.82) is 0 Å². The molecule has 1 aromatic carbocycles. The first-order valence-corrected chi connectivity index (χ1v) is 21.1. The van der Waals surface area contributed by atoms with Crippen molar-refractivity contribution in [3.8, 4) is 0 Å². The molecular formula is C28H50OSn. The predicted molar refractivity (Wildman–Crippen MR) is 136 cm³/mol. The fourth-order valence-corrected chi connectivity index (χ4v) is 25.4. The van der Waals surface area contributed by atoms with Crippen LogP contribution in [0.25, 0.3) is 0 Å². The molecule has 0 radical (unpaired) electrons. The van der Waals surface area contributed by atoms with E-state index in [2.05, 4.69) is 58.0 Å². The Morgan fingerprint density at radius 1 is 0.800 bits per heavy atom. The Morgan fingerprint density at radius 3 is 1.90 bits per heavy atom. The SMILES string of the molecule is CCCCC[C@@H](OCc1ccccc1)[C@@H]1C[C@H]1[Sn]([CH2]CCC)([CH2]CCC)[CH2]CCC. The van der Waals surface area contributed by atoms with Gasteiger partial charge in [0, 0.05) is 0 Å². The molecule has 2 rings (SSSR count). The summed E-state index contributed by atoms with van der Waals surface area (Å²) in [6.45, 7) is 10.3. The molecule has 0 aliphatic heterocycles. The molecular weight excluding hydrogens is 471 g/mol. The van der Waals surface area contributed by atoms with E-state index in [0.29, 0.717) is 6.10 Å². The normalized spacial score (nSPS) is 19.7. The molecule has 1 fully saturated rings. The van der Waals surface area contributed by atoms with Gasteiger partial charge in [0.05, 0.1) is 0 Å². The maximum absolute atomic E-state index is 6.67. The van der Waals surface area contributed by atoms with Crippen LogP contribution >= 0.6 is 0 Å². The van der Waals surface area contributed by atoms with Gasteiger partial charge in [0.2, 0.25) is 0 Å². The third kappa shape index (κ3) is 8.49. The monoisotopic (exact) mass is 522 g/mol. The van der Waals surface area contributed by atoms with Gasteiger partial charge >= 0.3 is 193 Å². The summed E-state index contributed by atoms with van der Waals surface area (Å²) >= 11 is -2.10. The molecule has 172 valence electrons. The second-order valence-corrected chi connectivity index (χ2v) is 24.2. The van der Waals surface area contributed by atoms with Gasteiger partial charge in [-0.3, -0.25) is 0 Å². The quantitative estimate of drug-likeness (QED) is 0.138. The average molecular weight is 521 g/mol. The van der Waals surface area contributed by atoms with Crippen LogP contribution in [0.3, 0.4) is 0 Å². The van der Waals surface area contributed by atoms with Gasteiger partial charge in [-0.25, -0.2) is 0 Å².